The van der Waals surface area contributed by atoms with E-state index < -0.39 is 80.1 Å². The molecule has 2 aromatic carbocycles. The van der Waals surface area contributed by atoms with E-state index in [-0.39, 0.29) is 206 Å². The Balaban J connectivity index is -0.00000240. The molecule has 0 atom stereocenters. The minimum absolute atomic E-state index is 0. The Labute approximate surface area is 382 Å². The number of rotatable bonds is 5. The summed E-state index contributed by atoms with van der Waals surface area (Å²) in [5, 5.41) is 0. The van der Waals surface area contributed by atoms with Gasteiger partial charge in [0.1, 0.15) is 40.5 Å². The zero-order valence-corrected chi connectivity index (χ0v) is 36.5. The predicted octanol–water partition coefficient (Wildman–Crippen LogP) is -11.5. The second-order valence-electron chi connectivity index (χ2n) is 5.39. The molecule has 0 amide bonds. The topological polar surface area (TPSA) is 229 Å². The Hall–Kier alpha value is 5.59. The quantitative estimate of drug-likeness (QED) is 0.204. The van der Waals surface area contributed by atoms with Gasteiger partial charge in [0.05, 0.1) is 28.5 Å². The average Bonchev–Trinajstić information content (AvgIpc) is 2.50. The summed E-state index contributed by atoms with van der Waals surface area (Å²) in [6.45, 7) is 0. The first-order chi connectivity index (χ1) is 13.2. The van der Waals surface area contributed by atoms with E-state index in [0.717, 1.165) is 0 Å². The zero-order chi connectivity index (χ0) is 23.4. The Morgan fingerprint density at radius 1 is 0.441 bits per heavy atom. The molecule has 2 rings (SSSR count). The number of halogens is 2. The van der Waals surface area contributed by atoms with Crippen molar-refractivity contribution >= 4 is 72.3 Å². The molecule has 0 saturated carbocycles. The fourth-order valence-electron chi connectivity index (χ4n) is 2.21. The van der Waals surface area contributed by atoms with E-state index in [1.807, 2.05) is 0 Å². The smallest absolute Gasteiger partial charge is 0.744 e. The predicted molar refractivity (Wildman–Crippen MR) is 99.1 cm³/mol. The van der Waals surface area contributed by atoms with Gasteiger partial charge in [-0.05, 0) is 67.3 Å². The monoisotopic (exact) mass is 782 g/mol. The van der Waals surface area contributed by atoms with E-state index in [1.54, 1.807) is 0 Å². The Bertz CT molecular complexity index is 1290. The molecule has 0 heterocycles. The minimum atomic E-state index is -5.40. The second-order valence-corrected chi connectivity index (χ2v) is 12.4. The van der Waals surface area contributed by atoms with E-state index in [0.29, 0.717) is 24.3 Å². The van der Waals surface area contributed by atoms with Crippen molar-refractivity contribution in [2.24, 2.45) is 0 Å². The van der Waals surface area contributed by atoms with Crippen molar-refractivity contribution in [3.05, 3.63) is 33.2 Å². The van der Waals surface area contributed by atoms with E-state index in [1.165, 1.54) is 0 Å². The molecule has 0 radical (unpaired) electrons. The van der Waals surface area contributed by atoms with Crippen molar-refractivity contribution < 1.29 is 257 Å². The fraction of sp³-hybridized carbons (Fsp3) is 0. The molecule has 0 aromatic heterocycles. The van der Waals surface area contributed by atoms with E-state index >= 15 is 0 Å². The number of hydrogen-bond donors (Lipinski definition) is 0. The standard InChI is InChI=1S/C12H8Br2O12S4.4K/c13-11-7(27(15,16)17)1-5(2-8(11)28(18,19)20)6-3-9(29(21,22)23)12(14)10(4-6)30(24,25)26;;;;/h1-4H,(H,15,16,17)(H,18,19,20)(H,21,22,23)(H,24,25,26);;;;/q;4*+1/p-4. The van der Waals surface area contributed by atoms with Crippen molar-refractivity contribution in [1.29, 1.82) is 0 Å². The first kappa shape index (κ1) is 44.0. The molecule has 0 saturated heterocycles. The number of benzene rings is 2. The summed E-state index contributed by atoms with van der Waals surface area (Å²) in [5.74, 6) is 0. The molecule has 0 aliphatic heterocycles. The molecule has 0 N–H and O–H groups in total. The van der Waals surface area contributed by atoms with Crippen molar-refractivity contribution in [3.63, 3.8) is 0 Å². The summed E-state index contributed by atoms with van der Waals surface area (Å²) >= 11 is 5.01. The maximum absolute atomic E-state index is 11.4. The molecule has 0 aliphatic rings. The van der Waals surface area contributed by atoms with Crippen molar-refractivity contribution in [1.82, 2.24) is 0 Å². The van der Waals surface area contributed by atoms with Crippen LogP contribution in [0.5, 0.6) is 0 Å². The fourth-order valence-corrected chi connectivity index (χ4v) is 7.57. The van der Waals surface area contributed by atoms with Crippen LogP contribution in [-0.4, -0.2) is 51.9 Å². The molecule has 12 nitrogen and oxygen atoms in total. The molecule has 22 heteroatoms. The van der Waals surface area contributed by atoms with Crippen LogP contribution in [0.15, 0.2) is 52.8 Å². The van der Waals surface area contributed by atoms with Crippen molar-refractivity contribution in [2.75, 3.05) is 0 Å². The van der Waals surface area contributed by atoms with Crippen LogP contribution < -0.4 is 206 Å². The summed E-state index contributed by atoms with van der Waals surface area (Å²) in [6.07, 6.45) is 0. The summed E-state index contributed by atoms with van der Waals surface area (Å²) in [7, 11) is -21.6. The van der Waals surface area contributed by atoms with Gasteiger partial charge in [0, 0.05) is 0 Å². The Morgan fingerprint density at radius 3 is 0.706 bits per heavy atom. The molecule has 166 valence electrons. The molecule has 34 heavy (non-hydrogen) atoms. The third-order valence-corrected chi connectivity index (χ3v) is 9.62. The molecule has 2 aromatic rings. The molecule has 0 aliphatic carbocycles. The molecule has 0 bridgehead atoms. The summed E-state index contributed by atoms with van der Waals surface area (Å²) < 4.78 is 135. The van der Waals surface area contributed by atoms with Crippen LogP contribution in [0.1, 0.15) is 0 Å². The van der Waals surface area contributed by atoms with E-state index in [9.17, 15) is 51.9 Å². The van der Waals surface area contributed by atoms with Gasteiger partial charge in [0.15, 0.2) is 0 Å². The third kappa shape index (κ3) is 11.7. The third-order valence-electron chi connectivity index (χ3n) is 3.42. The van der Waals surface area contributed by atoms with E-state index in [4.69, 9.17) is 0 Å². The molecule has 0 fully saturated rings. The van der Waals surface area contributed by atoms with Crippen molar-refractivity contribution in [3.8, 4) is 11.1 Å². The molecular weight excluding hydrogens is 781 g/mol. The van der Waals surface area contributed by atoms with Gasteiger partial charge in [-0.25, -0.2) is 33.7 Å². The SMILES string of the molecule is O=S(=O)([O-])c1cc(-c2cc(S(=O)(=O)[O-])c(Br)c(S(=O)(=O)[O-])c2)cc(S(=O)(=O)[O-])c1Br.[K+].[K+].[K+].[K+]. The van der Waals surface area contributed by atoms with Crippen LogP contribution in [0.25, 0.3) is 11.1 Å². The van der Waals surface area contributed by atoms with Crippen LogP contribution in [0, 0.1) is 0 Å². The minimum Gasteiger partial charge on any atom is -0.744 e. The van der Waals surface area contributed by atoms with Gasteiger partial charge in [0.25, 0.3) is 0 Å². The van der Waals surface area contributed by atoms with Crippen LogP contribution in [0.4, 0.5) is 0 Å². The van der Waals surface area contributed by atoms with Crippen LogP contribution in [-0.2, 0) is 40.5 Å². The van der Waals surface area contributed by atoms with Gasteiger partial charge in [-0.1, -0.05) is 0 Å². The van der Waals surface area contributed by atoms with E-state index in [2.05, 4.69) is 31.9 Å². The van der Waals surface area contributed by atoms with Crippen LogP contribution in [0.2, 0.25) is 0 Å². The van der Waals surface area contributed by atoms with Gasteiger partial charge >= 0.3 is 206 Å². The average molecular weight is 785 g/mol. The molecule has 0 unspecified atom stereocenters. The van der Waals surface area contributed by atoms with Crippen molar-refractivity contribution in [2.45, 2.75) is 19.6 Å². The van der Waals surface area contributed by atoms with Gasteiger partial charge in [-0.3, -0.25) is 0 Å². The maximum atomic E-state index is 11.4. The summed E-state index contributed by atoms with van der Waals surface area (Å²) in [6, 6.07) is 1.97. The van der Waals surface area contributed by atoms with Crippen LogP contribution in [0.3, 0.4) is 0 Å². The second kappa shape index (κ2) is 16.4. The Kier molecular flexibility index (Phi) is 21.3. The summed E-state index contributed by atoms with van der Waals surface area (Å²) in [4.78, 5) is -5.02. The first-order valence-corrected chi connectivity index (χ1v) is 14.0. The van der Waals surface area contributed by atoms with Gasteiger partial charge in [-0.2, -0.15) is 0 Å². The Morgan fingerprint density at radius 2 is 0.588 bits per heavy atom. The normalized spacial score (nSPS) is 11.8. The van der Waals surface area contributed by atoms with Gasteiger partial charge < -0.3 is 18.2 Å². The molecule has 0 spiro atoms. The van der Waals surface area contributed by atoms with Gasteiger partial charge in [0.2, 0.25) is 0 Å². The largest absolute Gasteiger partial charge is 1.00 e. The zero-order valence-electron chi connectivity index (χ0n) is 17.6. The summed E-state index contributed by atoms with van der Waals surface area (Å²) in [5.41, 5.74) is -1.33. The van der Waals surface area contributed by atoms with Gasteiger partial charge in [-0.15, -0.1) is 0 Å². The molecular formula is C12H4Br2K4O12S4. The first-order valence-electron chi connectivity index (χ1n) is 6.75. The maximum Gasteiger partial charge on any atom is 1.00 e. The van der Waals surface area contributed by atoms with Crippen LogP contribution >= 0.6 is 31.9 Å². The number of hydrogen-bond acceptors (Lipinski definition) is 12.